The summed E-state index contributed by atoms with van der Waals surface area (Å²) in [6.45, 7) is 0. The number of carbonyl (C=O) groups excluding carboxylic acids is 1. The van der Waals surface area contributed by atoms with Crippen LogP contribution in [0.2, 0.25) is 0 Å². The molecular weight excluding hydrogens is 274 g/mol. The normalized spacial score (nSPS) is 11.7. The van der Waals surface area contributed by atoms with E-state index >= 15 is 0 Å². The number of benzene rings is 1. The molecule has 0 aliphatic carbocycles. The number of hydrogen-bond acceptors (Lipinski definition) is 4. The second kappa shape index (κ2) is 6.51. The zero-order valence-corrected chi connectivity index (χ0v) is 11.4. The number of carbonyl (C=O) groups is 2. The number of amides is 2. The smallest absolute Gasteiger partial charge is 0.326 e. The summed E-state index contributed by atoms with van der Waals surface area (Å²) in [6.07, 6.45) is 1.48. The van der Waals surface area contributed by atoms with Gasteiger partial charge in [-0.15, -0.1) is 0 Å². The molecule has 0 aliphatic heterocycles. The predicted octanol–water partition coefficient (Wildman–Crippen LogP) is 0.632. The lowest BCUT2D eigenvalue weighted by Gasteiger charge is -2.14. The van der Waals surface area contributed by atoms with Crippen molar-refractivity contribution in [1.82, 2.24) is 20.1 Å². The lowest BCUT2D eigenvalue weighted by Crippen LogP contribution is -2.44. The maximum absolute atomic E-state index is 11.8. The van der Waals surface area contributed by atoms with Crippen molar-refractivity contribution in [1.29, 1.82) is 0 Å². The molecule has 0 saturated heterocycles. The quantitative estimate of drug-likeness (QED) is 0.748. The minimum atomic E-state index is -1.10. The van der Waals surface area contributed by atoms with Crippen LogP contribution in [0.25, 0.3) is 0 Å². The Kier molecular flexibility index (Phi) is 4.50. The van der Waals surface area contributed by atoms with E-state index in [4.69, 9.17) is 0 Å². The van der Waals surface area contributed by atoms with Crippen molar-refractivity contribution >= 4 is 17.9 Å². The summed E-state index contributed by atoms with van der Waals surface area (Å²) in [7, 11) is 1.61. The number of nitrogens with zero attached hydrogens (tertiary/aromatic N) is 3. The minimum absolute atomic E-state index is 0.197. The predicted molar refractivity (Wildman–Crippen MR) is 74.7 cm³/mol. The summed E-state index contributed by atoms with van der Waals surface area (Å²) < 4.78 is 1.37. The molecule has 0 fully saturated rings. The molecule has 2 rings (SSSR count). The Labute approximate surface area is 120 Å². The van der Waals surface area contributed by atoms with Gasteiger partial charge in [0.05, 0.1) is 0 Å². The van der Waals surface area contributed by atoms with Gasteiger partial charge in [0.1, 0.15) is 12.4 Å². The molecule has 0 saturated carbocycles. The van der Waals surface area contributed by atoms with E-state index in [1.165, 1.54) is 11.0 Å². The van der Waals surface area contributed by atoms with Crippen LogP contribution in [0, 0.1) is 0 Å². The van der Waals surface area contributed by atoms with Gasteiger partial charge in [-0.3, -0.25) is 5.32 Å². The molecule has 0 bridgehead atoms. The molecule has 2 amide bonds. The first kappa shape index (κ1) is 14.5. The highest BCUT2D eigenvalue weighted by molar-refractivity contribution is 5.90. The number of carboxylic acid groups (broad SMARTS) is 1. The maximum Gasteiger partial charge on any atom is 0.326 e. The van der Waals surface area contributed by atoms with E-state index in [1.54, 1.807) is 19.2 Å². The van der Waals surface area contributed by atoms with Crippen molar-refractivity contribution in [3.05, 3.63) is 42.2 Å². The topological polar surface area (TPSA) is 109 Å². The van der Waals surface area contributed by atoms with Crippen LogP contribution in [0.1, 0.15) is 5.56 Å². The SMILES string of the molecule is Cn1ncnc1NC(=O)N[C@@H](Cc1ccccc1)C(=O)O. The van der Waals surface area contributed by atoms with Crippen LogP contribution >= 0.6 is 0 Å². The summed E-state index contributed by atoms with van der Waals surface area (Å²) >= 11 is 0. The molecular formula is C13H15N5O3. The largest absolute Gasteiger partial charge is 0.480 e. The van der Waals surface area contributed by atoms with Crippen LogP contribution in [0.4, 0.5) is 10.7 Å². The average molecular weight is 289 g/mol. The van der Waals surface area contributed by atoms with E-state index < -0.39 is 18.0 Å². The van der Waals surface area contributed by atoms with Gasteiger partial charge in [-0.2, -0.15) is 10.1 Å². The standard InChI is InChI=1S/C13H15N5O3/c1-18-12(14-8-15-18)17-13(21)16-10(11(19)20)7-9-5-3-2-4-6-9/h2-6,8,10H,7H2,1H3,(H,19,20)(H2,14,15,16,17,21)/t10-/m0/s1. The van der Waals surface area contributed by atoms with Crippen molar-refractivity contribution in [2.45, 2.75) is 12.5 Å². The first-order valence-electron chi connectivity index (χ1n) is 6.24. The van der Waals surface area contributed by atoms with Crippen molar-refractivity contribution in [2.75, 3.05) is 5.32 Å². The summed E-state index contributed by atoms with van der Waals surface area (Å²) in [6, 6.07) is 7.40. The van der Waals surface area contributed by atoms with E-state index in [1.807, 2.05) is 18.2 Å². The second-order valence-electron chi connectivity index (χ2n) is 4.39. The Morgan fingerprint density at radius 3 is 2.62 bits per heavy atom. The number of urea groups is 1. The third-order valence-corrected chi connectivity index (χ3v) is 2.82. The fourth-order valence-corrected chi connectivity index (χ4v) is 1.76. The number of aliphatic carboxylic acids is 1. The highest BCUT2D eigenvalue weighted by Crippen LogP contribution is 2.04. The monoisotopic (exact) mass is 289 g/mol. The van der Waals surface area contributed by atoms with Crippen LogP contribution in [0.3, 0.4) is 0 Å². The molecule has 0 unspecified atom stereocenters. The summed E-state index contributed by atoms with van der Waals surface area (Å²) in [5.74, 6) is -0.872. The van der Waals surface area contributed by atoms with Crippen molar-refractivity contribution in [3.63, 3.8) is 0 Å². The van der Waals surface area contributed by atoms with Gasteiger partial charge in [0.15, 0.2) is 0 Å². The second-order valence-corrected chi connectivity index (χ2v) is 4.39. The van der Waals surface area contributed by atoms with Crippen LogP contribution in [0.5, 0.6) is 0 Å². The van der Waals surface area contributed by atoms with Gasteiger partial charge in [0, 0.05) is 13.5 Å². The number of rotatable bonds is 5. The number of nitrogens with one attached hydrogen (secondary N) is 2. The molecule has 8 heteroatoms. The van der Waals surface area contributed by atoms with Crippen molar-refractivity contribution < 1.29 is 14.7 Å². The van der Waals surface area contributed by atoms with E-state index in [0.29, 0.717) is 0 Å². The van der Waals surface area contributed by atoms with Gasteiger partial charge < -0.3 is 10.4 Å². The summed E-state index contributed by atoms with van der Waals surface area (Å²) in [4.78, 5) is 26.9. The Bertz CT molecular complexity index is 626. The number of aromatic nitrogens is 3. The van der Waals surface area contributed by atoms with Gasteiger partial charge in [-0.05, 0) is 5.56 Å². The molecule has 21 heavy (non-hydrogen) atoms. The van der Waals surface area contributed by atoms with Gasteiger partial charge in [0.2, 0.25) is 5.95 Å². The third-order valence-electron chi connectivity index (χ3n) is 2.82. The van der Waals surface area contributed by atoms with Crippen molar-refractivity contribution in [2.24, 2.45) is 7.05 Å². The molecule has 3 N–H and O–H groups in total. The molecule has 0 aliphatic rings. The third kappa shape index (κ3) is 4.03. The van der Waals surface area contributed by atoms with E-state index in [0.717, 1.165) is 5.56 Å². The lowest BCUT2D eigenvalue weighted by molar-refractivity contribution is -0.139. The Morgan fingerprint density at radius 2 is 2.05 bits per heavy atom. The van der Waals surface area contributed by atoms with Crippen LogP contribution in [0.15, 0.2) is 36.7 Å². The summed E-state index contributed by atoms with van der Waals surface area (Å²) in [5.41, 5.74) is 0.823. The molecule has 110 valence electrons. The fraction of sp³-hybridized carbons (Fsp3) is 0.231. The van der Waals surface area contributed by atoms with Crippen LogP contribution < -0.4 is 10.6 Å². The first-order chi connectivity index (χ1) is 10.1. The molecule has 1 aromatic heterocycles. The molecule has 0 spiro atoms. The zero-order chi connectivity index (χ0) is 15.2. The highest BCUT2D eigenvalue weighted by Gasteiger charge is 2.21. The van der Waals surface area contributed by atoms with Crippen LogP contribution in [-0.4, -0.2) is 37.9 Å². The molecule has 2 aromatic rings. The number of hydrogen-bond donors (Lipinski definition) is 3. The number of carboxylic acids is 1. The Morgan fingerprint density at radius 1 is 1.33 bits per heavy atom. The molecule has 1 heterocycles. The molecule has 8 nitrogen and oxygen atoms in total. The fourth-order valence-electron chi connectivity index (χ4n) is 1.76. The van der Waals surface area contributed by atoms with E-state index in [9.17, 15) is 14.7 Å². The first-order valence-corrected chi connectivity index (χ1v) is 6.24. The molecule has 1 atom stereocenters. The summed E-state index contributed by atoms with van der Waals surface area (Å²) in [5, 5.41) is 17.8. The van der Waals surface area contributed by atoms with Gasteiger partial charge in [0.25, 0.3) is 0 Å². The lowest BCUT2D eigenvalue weighted by atomic mass is 10.1. The van der Waals surface area contributed by atoms with E-state index in [2.05, 4.69) is 20.7 Å². The highest BCUT2D eigenvalue weighted by atomic mass is 16.4. The molecule has 1 aromatic carbocycles. The Hall–Kier alpha value is -2.90. The zero-order valence-electron chi connectivity index (χ0n) is 11.4. The van der Waals surface area contributed by atoms with Gasteiger partial charge in [-0.25, -0.2) is 14.3 Å². The number of aryl methyl sites for hydroxylation is 1. The number of anilines is 1. The van der Waals surface area contributed by atoms with Gasteiger partial charge in [-0.1, -0.05) is 30.3 Å². The van der Waals surface area contributed by atoms with Gasteiger partial charge >= 0.3 is 12.0 Å². The van der Waals surface area contributed by atoms with Crippen LogP contribution in [-0.2, 0) is 18.3 Å². The van der Waals surface area contributed by atoms with Crippen molar-refractivity contribution in [3.8, 4) is 0 Å². The Balaban J connectivity index is 1.98. The van der Waals surface area contributed by atoms with E-state index in [-0.39, 0.29) is 12.4 Å². The maximum atomic E-state index is 11.8. The average Bonchev–Trinajstić information content (AvgIpc) is 2.84. The molecule has 0 radical (unpaired) electrons. The minimum Gasteiger partial charge on any atom is -0.480 e.